The molecule has 0 radical (unpaired) electrons. The summed E-state index contributed by atoms with van der Waals surface area (Å²) in [6, 6.07) is 30.2. The van der Waals surface area contributed by atoms with Gasteiger partial charge in [0.25, 0.3) is 0 Å². The van der Waals surface area contributed by atoms with Gasteiger partial charge in [0.15, 0.2) is 0 Å². The molecule has 0 atom stereocenters. The number of allylic oxidation sites excluding steroid dienone is 8. The molecule has 2 aliphatic carbocycles. The van der Waals surface area contributed by atoms with Crippen molar-refractivity contribution in [2.75, 3.05) is 0 Å². The van der Waals surface area contributed by atoms with Crippen molar-refractivity contribution in [1.29, 1.82) is 0 Å². The third-order valence-corrected chi connectivity index (χ3v) is 40.5. The minimum absolute atomic E-state index is 0. The van der Waals surface area contributed by atoms with Crippen molar-refractivity contribution in [1.82, 2.24) is 0 Å². The molecule has 0 unspecified atom stereocenters. The molecule has 0 N–H and O–H groups in total. The van der Waals surface area contributed by atoms with E-state index < -0.39 is 15.7 Å². The van der Waals surface area contributed by atoms with Crippen LogP contribution in [-0.2, 0) is 28.5 Å². The van der Waals surface area contributed by atoms with E-state index in [0.29, 0.717) is 0 Å². The maximum atomic E-state index is 2.75. The van der Waals surface area contributed by atoms with Gasteiger partial charge in [0, 0.05) is 0 Å². The number of halogens is 2. The van der Waals surface area contributed by atoms with Crippen molar-refractivity contribution < 1.29 is 15.7 Å². The summed E-state index contributed by atoms with van der Waals surface area (Å²) in [6.45, 7) is 9.30. The van der Waals surface area contributed by atoms with E-state index in [2.05, 4.69) is 123 Å². The fourth-order valence-electron chi connectivity index (χ4n) is 6.84. The van der Waals surface area contributed by atoms with Crippen LogP contribution >= 0.6 is 24.8 Å². The number of hydrogen-bond acceptors (Lipinski definition) is 0. The molecule has 0 bridgehead atoms. The first kappa shape index (κ1) is 32.1. The average molecular weight is 697 g/mol. The number of hydrogen-bond donors (Lipinski definition) is 0. The Kier molecular flexibility index (Phi) is 10.4. The first-order chi connectivity index (χ1) is 17.8. The molecule has 39 heavy (non-hydrogen) atoms. The predicted octanol–water partition coefficient (Wildman–Crippen LogP) is 9.09. The molecule has 0 fully saturated rings. The molecule has 0 aromatic heterocycles. The van der Waals surface area contributed by atoms with E-state index in [1.54, 1.807) is 21.0 Å². The molecule has 0 saturated carbocycles. The summed E-state index contributed by atoms with van der Waals surface area (Å²) in [7, 11) is 0. The summed E-state index contributed by atoms with van der Waals surface area (Å²) >= 11 is -2.35. The summed E-state index contributed by atoms with van der Waals surface area (Å²) in [5, 5.41) is 0. The Balaban J connectivity index is 0.00000210. The molecule has 0 amide bonds. The summed E-state index contributed by atoms with van der Waals surface area (Å²) in [6.07, 6.45) is 9.45. The van der Waals surface area contributed by atoms with E-state index in [1.165, 1.54) is 45.5 Å². The van der Waals surface area contributed by atoms with Crippen LogP contribution in [0.4, 0.5) is 0 Å². The van der Waals surface area contributed by atoms with Crippen LogP contribution in [0, 0.1) is 0 Å². The summed E-state index contributed by atoms with van der Waals surface area (Å²) < 4.78 is 7.96. The van der Waals surface area contributed by atoms with Gasteiger partial charge in [-0.15, -0.1) is 24.8 Å². The first-order valence-electron chi connectivity index (χ1n) is 13.9. The number of aryl methyl sites for hydroxylation is 2. The van der Waals surface area contributed by atoms with Gasteiger partial charge in [0.1, 0.15) is 0 Å². The Morgan fingerprint density at radius 3 is 1.36 bits per heavy atom. The van der Waals surface area contributed by atoms with E-state index in [0.717, 1.165) is 25.7 Å². The van der Waals surface area contributed by atoms with Crippen molar-refractivity contribution in [3.63, 3.8) is 0 Å². The third kappa shape index (κ3) is 5.59. The van der Waals surface area contributed by atoms with Crippen LogP contribution in [0.15, 0.2) is 109 Å². The van der Waals surface area contributed by atoms with Gasteiger partial charge < -0.3 is 0 Å². The zero-order valence-electron chi connectivity index (χ0n) is 24.0. The molecule has 4 heteroatoms. The van der Waals surface area contributed by atoms with Crippen molar-refractivity contribution >= 4 is 51.4 Å². The number of benzene rings is 3. The summed E-state index contributed by atoms with van der Waals surface area (Å²) in [5.41, 5.74) is 11.6. The Hall–Kier alpha value is -1.37. The predicted molar refractivity (Wildman–Crippen MR) is 177 cm³/mol. The fraction of sp³-hybridized carbons (Fsp3) is 0.257. The molecule has 2 aliphatic rings. The van der Waals surface area contributed by atoms with Gasteiger partial charge >= 0.3 is 231 Å². The number of rotatable bonds is 7. The van der Waals surface area contributed by atoms with Crippen molar-refractivity contribution in [3.8, 4) is 0 Å². The molecule has 204 valence electrons. The molecule has 0 saturated heterocycles. The zero-order valence-corrected chi connectivity index (χ0v) is 31.1. The third-order valence-electron chi connectivity index (χ3n) is 9.27. The van der Waals surface area contributed by atoms with Gasteiger partial charge in [0.2, 0.25) is 0 Å². The van der Waals surface area contributed by atoms with Crippen molar-refractivity contribution in [3.05, 3.63) is 131 Å². The topological polar surface area (TPSA) is 0 Å². The van der Waals surface area contributed by atoms with Gasteiger partial charge in [-0.1, -0.05) is 0 Å². The molecular formula is C35H42Cl2GeZr. The molecule has 0 aliphatic heterocycles. The minimum Gasteiger partial charge on any atom is -0.147 e. The average Bonchev–Trinajstić information content (AvgIpc) is 3.53. The molecule has 3 aromatic rings. The van der Waals surface area contributed by atoms with Crippen LogP contribution < -0.4 is 3.27 Å². The van der Waals surface area contributed by atoms with Crippen LogP contribution in [0.3, 0.4) is 0 Å². The molecule has 3 aromatic carbocycles. The second-order valence-electron chi connectivity index (χ2n) is 11.3. The first-order valence-corrected chi connectivity index (χ1v) is 30.5. The molecule has 0 spiro atoms. The summed E-state index contributed by atoms with van der Waals surface area (Å²) in [5.74, 6) is 0. The largest absolute Gasteiger partial charge is 0.147 e. The zero-order chi connectivity index (χ0) is 26.2. The van der Waals surface area contributed by atoms with Gasteiger partial charge in [-0.25, -0.2) is 0 Å². The van der Waals surface area contributed by atoms with Gasteiger partial charge in [-0.3, -0.25) is 0 Å². The van der Waals surface area contributed by atoms with E-state index in [-0.39, 0.29) is 24.8 Å². The standard InChI is InChI=1S/2C14H15.C6H5.CH3.2ClH.GeH2.Zr/c2*1-3-12-7-9-13(10-8-12)14-6-4-5-11(14)2;1-2-4-6-5-3-1;;;;;/h2*6-10H,3-4H2,1-2H3;1-5H;1H3;2*1H;1H2;. The normalized spacial score (nSPS) is 15.5. The Labute approximate surface area is 253 Å². The molecular weight excluding hydrogens is 655 g/mol. The second kappa shape index (κ2) is 12.6. The Bertz CT molecular complexity index is 1440. The molecule has 5 rings (SSSR count). The Morgan fingerprint density at radius 1 is 0.615 bits per heavy atom. The quantitative estimate of drug-likeness (QED) is 0.216. The fourth-order valence-corrected chi connectivity index (χ4v) is 34.1. The van der Waals surface area contributed by atoms with Gasteiger partial charge in [0.05, 0.1) is 0 Å². The monoisotopic (exact) mass is 696 g/mol. The Morgan fingerprint density at radius 2 is 1.00 bits per heavy atom. The van der Waals surface area contributed by atoms with Crippen LogP contribution in [0.1, 0.15) is 62.8 Å². The molecule has 0 nitrogen and oxygen atoms in total. The molecule has 0 heterocycles. The maximum absolute atomic E-state index is 3.71. The second-order valence-corrected chi connectivity index (χ2v) is 47.5. The van der Waals surface area contributed by atoms with Crippen LogP contribution in [0.5, 0.6) is 0 Å². The van der Waals surface area contributed by atoms with Crippen LogP contribution in [-0.4, -0.2) is 12.1 Å². The SMILES string of the molecule is CCc1ccc(C2=CC[C]([Zr]([CH3])(=[GeH2])([C]3=C(C)C(c4ccc(CC)cc4)=CC3)[c]3ccccc3)=C2C)cc1.Cl.Cl. The summed E-state index contributed by atoms with van der Waals surface area (Å²) in [4.78, 5) is 0. The van der Waals surface area contributed by atoms with E-state index in [9.17, 15) is 0 Å². The van der Waals surface area contributed by atoms with Crippen LogP contribution in [0.2, 0.25) is 4.63 Å². The van der Waals surface area contributed by atoms with E-state index in [1.807, 2.05) is 0 Å². The van der Waals surface area contributed by atoms with Gasteiger partial charge in [-0.05, 0) is 0 Å². The van der Waals surface area contributed by atoms with Crippen LogP contribution in [0.25, 0.3) is 11.1 Å². The minimum atomic E-state index is -3.71. The van der Waals surface area contributed by atoms with Crippen molar-refractivity contribution in [2.45, 2.75) is 58.0 Å². The smallest absolute Gasteiger partial charge is 0.147 e. The maximum Gasteiger partial charge on any atom is -0.147 e. The van der Waals surface area contributed by atoms with E-state index in [4.69, 9.17) is 0 Å². The van der Waals surface area contributed by atoms with Gasteiger partial charge in [-0.2, -0.15) is 0 Å². The van der Waals surface area contributed by atoms with E-state index >= 15 is 0 Å². The van der Waals surface area contributed by atoms with Crippen molar-refractivity contribution in [2.24, 2.45) is 0 Å².